The van der Waals surface area contributed by atoms with Crippen molar-refractivity contribution < 1.29 is 14.3 Å². The smallest absolute Gasteiger partial charge is 0.227 e. The summed E-state index contributed by atoms with van der Waals surface area (Å²) in [6.45, 7) is 2.25. The maximum Gasteiger partial charge on any atom is 0.227 e. The zero-order chi connectivity index (χ0) is 19.5. The Balaban J connectivity index is 1.54. The molecule has 4 rings (SSSR count). The molecule has 0 aliphatic carbocycles. The highest BCUT2D eigenvalue weighted by Gasteiger charge is 2.28. The van der Waals surface area contributed by atoms with Crippen molar-refractivity contribution in [3.63, 3.8) is 0 Å². The molecule has 1 N–H and O–H groups in total. The molecule has 0 radical (unpaired) electrons. The summed E-state index contributed by atoms with van der Waals surface area (Å²) in [5.41, 5.74) is 2.89. The van der Waals surface area contributed by atoms with E-state index in [9.17, 15) is 9.90 Å². The molecule has 0 unspecified atom stereocenters. The average Bonchev–Trinajstić information content (AvgIpc) is 3.35. The molecule has 5 nitrogen and oxygen atoms in total. The molecule has 0 bridgehead atoms. The van der Waals surface area contributed by atoms with Gasteiger partial charge in [-0.15, -0.1) is 0 Å². The minimum Gasteiger partial charge on any atom is -0.464 e. The largest absolute Gasteiger partial charge is 0.464 e. The Hall–Kier alpha value is -2.63. The van der Waals surface area contributed by atoms with Gasteiger partial charge in [0.25, 0.3) is 0 Å². The van der Waals surface area contributed by atoms with E-state index in [0.717, 1.165) is 41.6 Å². The molecule has 1 saturated heterocycles. The summed E-state index contributed by atoms with van der Waals surface area (Å²) in [4.78, 5) is 17.2. The zero-order valence-corrected chi connectivity index (χ0v) is 16.1. The van der Waals surface area contributed by atoms with Crippen molar-refractivity contribution in [1.29, 1.82) is 0 Å². The van der Waals surface area contributed by atoms with Gasteiger partial charge in [-0.2, -0.15) is 0 Å². The predicted molar refractivity (Wildman–Crippen MR) is 109 cm³/mol. The van der Waals surface area contributed by atoms with Crippen molar-refractivity contribution in [2.45, 2.75) is 25.0 Å². The number of amides is 1. The number of benzene rings is 2. The van der Waals surface area contributed by atoms with Crippen LogP contribution in [0.15, 0.2) is 65.3 Å². The Bertz CT molecular complexity index is 937. The van der Waals surface area contributed by atoms with E-state index in [-0.39, 0.29) is 18.1 Å². The van der Waals surface area contributed by atoms with Gasteiger partial charge in [-0.05, 0) is 29.7 Å². The number of carbonyl (C=O) groups excluding carboxylic acids is 1. The van der Waals surface area contributed by atoms with Crippen LogP contribution in [0.4, 0.5) is 0 Å². The first-order chi connectivity index (χ1) is 13.6. The first-order valence-electron chi connectivity index (χ1n) is 9.78. The molecule has 1 aromatic heterocycles. The van der Waals surface area contributed by atoms with Gasteiger partial charge in [-0.25, -0.2) is 0 Å². The van der Waals surface area contributed by atoms with Gasteiger partial charge in [0.05, 0.1) is 24.8 Å². The molecule has 28 heavy (non-hydrogen) atoms. The number of hydrogen-bond donors (Lipinski definition) is 1. The molecule has 0 saturated carbocycles. The Morgan fingerprint density at radius 3 is 2.79 bits per heavy atom. The minimum atomic E-state index is -0.267. The monoisotopic (exact) mass is 378 g/mol. The van der Waals surface area contributed by atoms with Gasteiger partial charge in [-0.1, -0.05) is 42.5 Å². The predicted octanol–water partition coefficient (Wildman–Crippen LogP) is 3.24. The number of β-amino-alcohol motifs (C(OH)–C–C–N with tert-alkyl or cyclic N) is 1. The van der Waals surface area contributed by atoms with Crippen molar-refractivity contribution >= 4 is 16.9 Å². The van der Waals surface area contributed by atoms with Crippen LogP contribution in [0.5, 0.6) is 0 Å². The van der Waals surface area contributed by atoms with Crippen LogP contribution in [-0.2, 0) is 11.2 Å². The molecule has 1 fully saturated rings. The summed E-state index contributed by atoms with van der Waals surface area (Å²) < 4.78 is 5.46. The van der Waals surface area contributed by atoms with Crippen molar-refractivity contribution in [3.8, 4) is 0 Å². The number of carbonyl (C=O) groups is 1. The number of nitrogens with zero attached hydrogens (tertiary/aromatic N) is 2. The highest BCUT2D eigenvalue weighted by Crippen LogP contribution is 2.25. The number of likely N-dealkylation sites (tertiary alicyclic amines) is 1. The Morgan fingerprint density at radius 1 is 1.21 bits per heavy atom. The van der Waals surface area contributed by atoms with Crippen LogP contribution < -0.4 is 0 Å². The van der Waals surface area contributed by atoms with Gasteiger partial charge in [0.1, 0.15) is 5.58 Å². The molecule has 146 valence electrons. The number of aliphatic hydroxyl groups is 1. The van der Waals surface area contributed by atoms with Gasteiger partial charge >= 0.3 is 0 Å². The zero-order valence-electron chi connectivity index (χ0n) is 16.1. The third kappa shape index (κ3) is 3.96. The van der Waals surface area contributed by atoms with Crippen LogP contribution in [-0.4, -0.2) is 53.6 Å². The van der Waals surface area contributed by atoms with Crippen LogP contribution in [0.3, 0.4) is 0 Å². The second-order valence-corrected chi connectivity index (χ2v) is 7.56. The van der Waals surface area contributed by atoms with E-state index >= 15 is 0 Å². The van der Waals surface area contributed by atoms with Crippen molar-refractivity contribution in [2.24, 2.45) is 0 Å². The van der Waals surface area contributed by atoms with Crippen LogP contribution in [0.25, 0.3) is 11.0 Å². The average molecular weight is 378 g/mol. The number of aliphatic hydroxyl groups excluding tert-OH is 1. The molecule has 5 heteroatoms. The summed E-state index contributed by atoms with van der Waals surface area (Å²) in [6.07, 6.45) is 2.52. The first-order valence-corrected chi connectivity index (χ1v) is 9.78. The van der Waals surface area contributed by atoms with E-state index in [1.807, 2.05) is 54.4 Å². The topological polar surface area (TPSA) is 56.9 Å². The highest BCUT2D eigenvalue weighted by molar-refractivity contribution is 5.87. The Kier molecular flexibility index (Phi) is 5.46. The molecular weight excluding hydrogens is 352 g/mol. The van der Waals surface area contributed by atoms with Crippen LogP contribution in [0.2, 0.25) is 0 Å². The van der Waals surface area contributed by atoms with E-state index in [1.54, 1.807) is 6.26 Å². The number of furan rings is 1. The lowest BCUT2D eigenvalue weighted by atomic mass is 10.0. The lowest BCUT2D eigenvalue weighted by Crippen LogP contribution is -2.39. The van der Waals surface area contributed by atoms with Gasteiger partial charge in [0, 0.05) is 32.1 Å². The molecular formula is C23H26N2O3. The number of fused-ring (bicyclic) bond motifs is 1. The first kappa shape index (κ1) is 18.7. The van der Waals surface area contributed by atoms with Crippen LogP contribution in [0, 0.1) is 0 Å². The third-order valence-corrected chi connectivity index (χ3v) is 5.65. The van der Waals surface area contributed by atoms with Crippen LogP contribution in [0.1, 0.15) is 23.6 Å². The quantitative estimate of drug-likeness (QED) is 0.715. The molecule has 2 aromatic carbocycles. The van der Waals surface area contributed by atoms with E-state index in [0.29, 0.717) is 13.0 Å². The number of likely N-dealkylation sites (N-methyl/N-ethyl adjacent to an activating group) is 1. The fraction of sp³-hybridized carbons (Fsp3) is 0.348. The summed E-state index contributed by atoms with van der Waals surface area (Å²) in [5, 5.41) is 10.9. The second-order valence-electron chi connectivity index (χ2n) is 7.56. The van der Waals surface area contributed by atoms with E-state index in [1.165, 1.54) is 0 Å². The van der Waals surface area contributed by atoms with Gasteiger partial charge in [0.2, 0.25) is 5.91 Å². The second kappa shape index (κ2) is 8.17. The highest BCUT2D eigenvalue weighted by atomic mass is 16.3. The molecule has 0 spiro atoms. The molecule has 2 heterocycles. The maximum absolute atomic E-state index is 13.2. The van der Waals surface area contributed by atoms with Gasteiger partial charge in [-0.3, -0.25) is 9.69 Å². The summed E-state index contributed by atoms with van der Waals surface area (Å²) >= 11 is 0. The molecule has 3 aromatic rings. The summed E-state index contributed by atoms with van der Waals surface area (Å²) in [6, 6.07) is 17.8. The minimum absolute atomic E-state index is 0.0532. The van der Waals surface area contributed by atoms with Crippen LogP contribution >= 0.6 is 0 Å². The Labute approximate surface area is 165 Å². The standard InChI is InChI=1S/C23H26N2O3/c1-24(23(27)14-18-8-5-9-22-20(18)11-13-28-22)21(17-6-3-2-4-7-17)16-25-12-10-19(26)15-25/h2-9,11,13,19,21,26H,10,12,14-16H2,1H3/t19-,21+/m0/s1. The lowest BCUT2D eigenvalue weighted by Gasteiger charge is -2.32. The fourth-order valence-electron chi connectivity index (χ4n) is 4.02. The Morgan fingerprint density at radius 2 is 2.04 bits per heavy atom. The third-order valence-electron chi connectivity index (χ3n) is 5.65. The number of hydrogen-bond acceptors (Lipinski definition) is 4. The molecule has 2 atom stereocenters. The summed E-state index contributed by atoms with van der Waals surface area (Å²) in [5.74, 6) is 0.0716. The van der Waals surface area contributed by atoms with E-state index < -0.39 is 0 Å². The van der Waals surface area contributed by atoms with E-state index in [4.69, 9.17) is 4.42 Å². The summed E-state index contributed by atoms with van der Waals surface area (Å²) in [7, 11) is 1.88. The van der Waals surface area contributed by atoms with Crippen molar-refractivity contribution in [2.75, 3.05) is 26.7 Å². The van der Waals surface area contributed by atoms with E-state index in [2.05, 4.69) is 17.0 Å². The maximum atomic E-state index is 13.2. The molecule has 1 aliphatic heterocycles. The van der Waals surface area contributed by atoms with Gasteiger partial charge in [0.15, 0.2) is 0 Å². The SMILES string of the molecule is CN(C(=O)Cc1cccc2occc12)[C@H](CN1CC[C@H](O)C1)c1ccccc1. The lowest BCUT2D eigenvalue weighted by molar-refractivity contribution is -0.131. The van der Waals surface area contributed by atoms with Crippen molar-refractivity contribution in [1.82, 2.24) is 9.80 Å². The normalized spacial score (nSPS) is 18.4. The number of rotatable bonds is 6. The fourth-order valence-corrected chi connectivity index (χ4v) is 4.02. The van der Waals surface area contributed by atoms with Gasteiger partial charge < -0.3 is 14.4 Å². The molecule has 1 amide bonds. The van der Waals surface area contributed by atoms with Crippen molar-refractivity contribution in [3.05, 3.63) is 72.0 Å². The molecule has 1 aliphatic rings.